The van der Waals surface area contributed by atoms with Crippen LogP contribution >= 0.6 is 0 Å². The van der Waals surface area contributed by atoms with Gasteiger partial charge in [0, 0.05) is 35.9 Å². The Bertz CT molecular complexity index is 618. The summed E-state index contributed by atoms with van der Waals surface area (Å²) in [6, 6.07) is 14.6. The first-order valence-electron chi connectivity index (χ1n) is 6.25. The standard InChI is InChI=1S/C17H14N2/c1-13-8-16(14-4-2-6-18-11-14)10-17(9-13)15-5-3-7-19-12-15/h2-12H,1H3. The molecule has 0 bridgehead atoms. The van der Waals surface area contributed by atoms with Crippen molar-refractivity contribution in [3.63, 3.8) is 0 Å². The Morgan fingerprint density at radius 2 is 1.21 bits per heavy atom. The molecule has 19 heavy (non-hydrogen) atoms. The molecular formula is C17H14N2. The normalized spacial score (nSPS) is 10.4. The minimum atomic E-state index is 1.14. The second kappa shape index (κ2) is 5.02. The van der Waals surface area contributed by atoms with Crippen molar-refractivity contribution >= 4 is 0 Å². The van der Waals surface area contributed by atoms with Gasteiger partial charge in [0.05, 0.1) is 0 Å². The van der Waals surface area contributed by atoms with Gasteiger partial charge in [0.1, 0.15) is 0 Å². The monoisotopic (exact) mass is 246 g/mol. The molecule has 0 amide bonds. The van der Waals surface area contributed by atoms with E-state index in [1.54, 1.807) is 12.4 Å². The summed E-state index contributed by atoms with van der Waals surface area (Å²) in [6.45, 7) is 2.11. The van der Waals surface area contributed by atoms with Crippen LogP contribution in [0.1, 0.15) is 5.56 Å². The molecule has 3 aromatic rings. The zero-order valence-corrected chi connectivity index (χ0v) is 10.7. The van der Waals surface area contributed by atoms with E-state index < -0.39 is 0 Å². The van der Waals surface area contributed by atoms with Crippen LogP contribution in [0.15, 0.2) is 67.3 Å². The number of hydrogen-bond acceptors (Lipinski definition) is 2. The summed E-state index contributed by atoms with van der Waals surface area (Å²) >= 11 is 0. The Hall–Kier alpha value is -2.48. The van der Waals surface area contributed by atoms with Gasteiger partial charge < -0.3 is 0 Å². The quantitative estimate of drug-likeness (QED) is 0.679. The van der Waals surface area contributed by atoms with Crippen LogP contribution < -0.4 is 0 Å². The second-order valence-corrected chi connectivity index (χ2v) is 4.57. The summed E-state index contributed by atoms with van der Waals surface area (Å²) < 4.78 is 0. The molecule has 0 saturated heterocycles. The molecule has 2 heterocycles. The maximum atomic E-state index is 4.18. The highest BCUT2D eigenvalue weighted by molar-refractivity contribution is 5.73. The number of rotatable bonds is 2. The van der Waals surface area contributed by atoms with Gasteiger partial charge in [-0.1, -0.05) is 24.3 Å². The number of pyridine rings is 2. The minimum Gasteiger partial charge on any atom is -0.264 e. The van der Waals surface area contributed by atoms with Gasteiger partial charge in [0.2, 0.25) is 0 Å². The lowest BCUT2D eigenvalue weighted by atomic mass is 9.98. The smallest absolute Gasteiger partial charge is 0.0346 e. The van der Waals surface area contributed by atoms with Crippen molar-refractivity contribution in [3.05, 3.63) is 72.8 Å². The molecule has 2 heteroatoms. The number of benzene rings is 1. The molecule has 0 aliphatic heterocycles. The van der Waals surface area contributed by atoms with Crippen molar-refractivity contribution < 1.29 is 0 Å². The fourth-order valence-corrected chi connectivity index (χ4v) is 2.18. The third kappa shape index (κ3) is 2.52. The van der Waals surface area contributed by atoms with Crippen molar-refractivity contribution in [2.75, 3.05) is 0 Å². The fraction of sp³-hybridized carbons (Fsp3) is 0.0588. The van der Waals surface area contributed by atoms with Gasteiger partial charge in [-0.2, -0.15) is 0 Å². The lowest BCUT2D eigenvalue weighted by Gasteiger charge is -2.07. The second-order valence-electron chi connectivity index (χ2n) is 4.57. The van der Waals surface area contributed by atoms with Gasteiger partial charge in [-0.25, -0.2) is 0 Å². The highest BCUT2D eigenvalue weighted by Gasteiger charge is 2.03. The summed E-state index contributed by atoms with van der Waals surface area (Å²) in [5.74, 6) is 0. The van der Waals surface area contributed by atoms with Crippen molar-refractivity contribution in [1.82, 2.24) is 9.97 Å². The minimum absolute atomic E-state index is 1.14. The van der Waals surface area contributed by atoms with Crippen LogP contribution in [0, 0.1) is 6.92 Å². The summed E-state index contributed by atoms with van der Waals surface area (Å²) in [4.78, 5) is 8.36. The van der Waals surface area contributed by atoms with Crippen LogP contribution in [0.3, 0.4) is 0 Å². The van der Waals surface area contributed by atoms with E-state index in [0.717, 1.165) is 11.1 Å². The lowest BCUT2D eigenvalue weighted by Crippen LogP contribution is -1.85. The summed E-state index contributed by atoms with van der Waals surface area (Å²) in [7, 11) is 0. The van der Waals surface area contributed by atoms with Crippen LogP contribution in [0.4, 0.5) is 0 Å². The van der Waals surface area contributed by atoms with Crippen molar-refractivity contribution in [2.24, 2.45) is 0 Å². The predicted octanol–water partition coefficient (Wildman–Crippen LogP) is 4.12. The van der Waals surface area contributed by atoms with E-state index in [-0.39, 0.29) is 0 Å². The summed E-state index contributed by atoms with van der Waals surface area (Å²) in [5.41, 5.74) is 5.88. The van der Waals surface area contributed by atoms with Gasteiger partial charge in [-0.3, -0.25) is 9.97 Å². The highest BCUT2D eigenvalue weighted by Crippen LogP contribution is 2.27. The molecule has 0 spiro atoms. The molecule has 0 radical (unpaired) electrons. The van der Waals surface area contributed by atoms with E-state index in [2.05, 4.69) is 47.2 Å². The molecule has 0 aliphatic rings. The predicted molar refractivity (Wildman–Crippen MR) is 77.6 cm³/mol. The zero-order valence-electron chi connectivity index (χ0n) is 10.7. The molecule has 92 valence electrons. The molecule has 0 unspecified atom stereocenters. The summed E-state index contributed by atoms with van der Waals surface area (Å²) in [5, 5.41) is 0. The Morgan fingerprint density at radius 1 is 0.684 bits per heavy atom. The first-order chi connectivity index (χ1) is 9.33. The molecule has 0 fully saturated rings. The van der Waals surface area contributed by atoms with E-state index in [1.807, 2.05) is 24.5 Å². The van der Waals surface area contributed by atoms with E-state index in [4.69, 9.17) is 0 Å². The average Bonchev–Trinajstić information content (AvgIpc) is 2.48. The van der Waals surface area contributed by atoms with Gasteiger partial charge in [-0.05, 0) is 41.8 Å². The lowest BCUT2D eigenvalue weighted by molar-refractivity contribution is 1.32. The Kier molecular flexibility index (Phi) is 3.07. The number of aromatic nitrogens is 2. The first-order valence-corrected chi connectivity index (χ1v) is 6.25. The van der Waals surface area contributed by atoms with Crippen LogP contribution in [0.5, 0.6) is 0 Å². The van der Waals surface area contributed by atoms with E-state index in [1.165, 1.54) is 16.7 Å². The molecule has 1 aromatic carbocycles. The number of aryl methyl sites for hydroxylation is 1. The molecule has 0 saturated carbocycles. The van der Waals surface area contributed by atoms with E-state index in [0.29, 0.717) is 0 Å². The molecule has 0 aliphatic carbocycles. The molecule has 2 aromatic heterocycles. The maximum absolute atomic E-state index is 4.18. The van der Waals surface area contributed by atoms with Gasteiger partial charge in [0.15, 0.2) is 0 Å². The maximum Gasteiger partial charge on any atom is 0.0346 e. The topological polar surface area (TPSA) is 25.8 Å². The SMILES string of the molecule is Cc1cc(-c2cccnc2)cc(-c2cccnc2)c1. The van der Waals surface area contributed by atoms with Gasteiger partial charge in [0.25, 0.3) is 0 Å². The molecular weight excluding hydrogens is 232 g/mol. The van der Waals surface area contributed by atoms with Crippen LogP contribution in [0.25, 0.3) is 22.3 Å². The van der Waals surface area contributed by atoms with Crippen molar-refractivity contribution in [2.45, 2.75) is 6.92 Å². The molecule has 0 N–H and O–H groups in total. The average molecular weight is 246 g/mol. The molecule has 0 atom stereocenters. The third-order valence-electron chi connectivity index (χ3n) is 3.07. The van der Waals surface area contributed by atoms with Crippen LogP contribution in [-0.4, -0.2) is 9.97 Å². The Labute approximate surface area is 112 Å². The van der Waals surface area contributed by atoms with E-state index >= 15 is 0 Å². The first kappa shape index (κ1) is 11.6. The highest BCUT2D eigenvalue weighted by atomic mass is 14.6. The van der Waals surface area contributed by atoms with E-state index in [9.17, 15) is 0 Å². The zero-order chi connectivity index (χ0) is 13.1. The number of nitrogens with zero attached hydrogens (tertiary/aromatic N) is 2. The number of hydrogen-bond donors (Lipinski definition) is 0. The third-order valence-corrected chi connectivity index (χ3v) is 3.07. The van der Waals surface area contributed by atoms with Gasteiger partial charge in [-0.15, -0.1) is 0 Å². The summed E-state index contributed by atoms with van der Waals surface area (Å²) in [6.07, 6.45) is 7.37. The fourth-order valence-electron chi connectivity index (χ4n) is 2.18. The van der Waals surface area contributed by atoms with Crippen LogP contribution in [0.2, 0.25) is 0 Å². The Balaban J connectivity index is 2.12. The molecule has 3 rings (SSSR count). The van der Waals surface area contributed by atoms with Gasteiger partial charge >= 0.3 is 0 Å². The Morgan fingerprint density at radius 3 is 1.63 bits per heavy atom. The van der Waals surface area contributed by atoms with Crippen molar-refractivity contribution in [1.29, 1.82) is 0 Å². The van der Waals surface area contributed by atoms with Crippen LogP contribution in [-0.2, 0) is 0 Å². The molecule has 2 nitrogen and oxygen atoms in total. The largest absolute Gasteiger partial charge is 0.264 e. The van der Waals surface area contributed by atoms with Crippen molar-refractivity contribution in [3.8, 4) is 22.3 Å².